The van der Waals surface area contributed by atoms with Crippen molar-refractivity contribution in [2.75, 3.05) is 31.6 Å². The van der Waals surface area contributed by atoms with Gasteiger partial charge in [0.1, 0.15) is 0 Å². The average Bonchev–Trinajstić information content (AvgIpc) is 3.14. The molecule has 2 aromatic rings. The Morgan fingerprint density at radius 2 is 1.92 bits per heavy atom. The van der Waals surface area contributed by atoms with Crippen molar-refractivity contribution in [2.45, 2.75) is 4.90 Å². The summed E-state index contributed by atoms with van der Waals surface area (Å²) >= 11 is 1.00. The van der Waals surface area contributed by atoms with E-state index < -0.39 is 21.9 Å². The van der Waals surface area contributed by atoms with Crippen LogP contribution in [0, 0.1) is 0 Å². The zero-order valence-electron chi connectivity index (χ0n) is 13.5. The maximum absolute atomic E-state index is 12.6. The van der Waals surface area contributed by atoms with Crippen LogP contribution in [0.1, 0.15) is 20.0 Å². The second-order valence-electron chi connectivity index (χ2n) is 5.49. The zero-order chi connectivity index (χ0) is 18.7. The standard InChI is InChI=1S/C16H16N2O6S2/c19-15(17-12-3-1-2-11(8-12)16(20)21)14-9-13(10-25-14)26(22,23)18-4-6-24-7-5-18/h1-3,8-10H,4-7H2,(H,17,19)(H,20,21)/p-1. The minimum Gasteiger partial charge on any atom is -0.545 e. The highest BCUT2D eigenvalue weighted by atomic mass is 32.2. The van der Waals surface area contributed by atoms with Gasteiger partial charge in [0.05, 0.1) is 29.0 Å². The van der Waals surface area contributed by atoms with Gasteiger partial charge < -0.3 is 20.0 Å². The van der Waals surface area contributed by atoms with E-state index in [2.05, 4.69) is 5.32 Å². The number of amides is 1. The fourth-order valence-electron chi connectivity index (χ4n) is 2.43. The topological polar surface area (TPSA) is 116 Å². The van der Waals surface area contributed by atoms with Crippen LogP contribution in [-0.4, -0.2) is 50.9 Å². The molecule has 10 heteroatoms. The van der Waals surface area contributed by atoms with Gasteiger partial charge >= 0.3 is 0 Å². The average molecular weight is 395 g/mol. The first kappa shape index (κ1) is 18.5. The number of aromatic carboxylic acids is 1. The van der Waals surface area contributed by atoms with Crippen molar-refractivity contribution in [3.8, 4) is 0 Å². The molecule has 1 aromatic carbocycles. The molecule has 138 valence electrons. The summed E-state index contributed by atoms with van der Waals surface area (Å²) in [5.74, 6) is -1.87. The number of ether oxygens (including phenoxy) is 1. The number of anilines is 1. The fraction of sp³-hybridized carbons (Fsp3) is 0.250. The lowest BCUT2D eigenvalue weighted by molar-refractivity contribution is -0.255. The Hall–Kier alpha value is -2.27. The summed E-state index contributed by atoms with van der Waals surface area (Å²) in [6.45, 7) is 1.22. The summed E-state index contributed by atoms with van der Waals surface area (Å²) in [7, 11) is -3.67. The van der Waals surface area contributed by atoms with Crippen LogP contribution in [0.4, 0.5) is 5.69 Å². The molecule has 1 aliphatic rings. The summed E-state index contributed by atoms with van der Waals surface area (Å²) in [5, 5.41) is 14.8. The minimum absolute atomic E-state index is 0.0537. The lowest BCUT2D eigenvalue weighted by Gasteiger charge is -2.25. The van der Waals surface area contributed by atoms with Gasteiger partial charge in [-0.05, 0) is 23.8 Å². The molecule has 1 saturated heterocycles. The fourth-order valence-corrected chi connectivity index (χ4v) is 4.99. The molecule has 0 radical (unpaired) electrons. The third-order valence-electron chi connectivity index (χ3n) is 3.76. The number of benzene rings is 1. The van der Waals surface area contributed by atoms with Crippen molar-refractivity contribution < 1.29 is 27.9 Å². The lowest BCUT2D eigenvalue weighted by Crippen LogP contribution is -2.40. The first-order valence-corrected chi connectivity index (χ1v) is 9.99. The highest BCUT2D eigenvalue weighted by molar-refractivity contribution is 7.89. The molecule has 1 N–H and O–H groups in total. The normalized spacial score (nSPS) is 15.5. The number of morpholine rings is 1. The van der Waals surface area contributed by atoms with Crippen LogP contribution in [-0.2, 0) is 14.8 Å². The van der Waals surface area contributed by atoms with Crippen molar-refractivity contribution in [2.24, 2.45) is 0 Å². The molecule has 0 saturated carbocycles. The molecule has 1 amide bonds. The molecule has 2 heterocycles. The molecule has 0 aliphatic carbocycles. The van der Waals surface area contributed by atoms with Crippen LogP contribution in [0.5, 0.6) is 0 Å². The quantitative estimate of drug-likeness (QED) is 0.783. The van der Waals surface area contributed by atoms with Crippen LogP contribution < -0.4 is 10.4 Å². The van der Waals surface area contributed by atoms with Gasteiger partial charge in [-0.15, -0.1) is 11.3 Å². The van der Waals surface area contributed by atoms with Gasteiger partial charge in [-0.3, -0.25) is 4.79 Å². The van der Waals surface area contributed by atoms with Gasteiger partial charge in [0.2, 0.25) is 10.0 Å². The van der Waals surface area contributed by atoms with Crippen molar-refractivity contribution in [1.82, 2.24) is 4.31 Å². The van der Waals surface area contributed by atoms with Crippen molar-refractivity contribution in [3.05, 3.63) is 46.2 Å². The number of carboxylic acid groups (broad SMARTS) is 1. The summed E-state index contributed by atoms with van der Waals surface area (Å²) in [4.78, 5) is 23.4. The van der Waals surface area contributed by atoms with Gasteiger partial charge in [-0.1, -0.05) is 12.1 Å². The SMILES string of the molecule is O=C([O-])c1cccc(NC(=O)c2cc(S(=O)(=O)N3CCOCC3)cs2)c1. The Labute approximate surface area is 154 Å². The number of sulfonamides is 1. The molecule has 3 rings (SSSR count). The molecule has 26 heavy (non-hydrogen) atoms. The number of carbonyl (C=O) groups is 2. The second kappa shape index (κ2) is 7.54. The lowest BCUT2D eigenvalue weighted by atomic mass is 10.2. The van der Waals surface area contributed by atoms with E-state index in [4.69, 9.17) is 4.74 Å². The van der Waals surface area contributed by atoms with Gasteiger partial charge in [-0.2, -0.15) is 4.31 Å². The Kier molecular flexibility index (Phi) is 5.37. The number of nitrogens with one attached hydrogen (secondary N) is 1. The summed E-state index contributed by atoms with van der Waals surface area (Å²) in [6.07, 6.45) is 0. The van der Waals surface area contributed by atoms with Gasteiger partial charge in [-0.25, -0.2) is 8.42 Å². The molecule has 0 atom stereocenters. The third kappa shape index (κ3) is 3.93. The maximum atomic E-state index is 12.6. The summed E-state index contributed by atoms with van der Waals surface area (Å²) in [6, 6.07) is 6.94. The number of hydrogen-bond acceptors (Lipinski definition) is 7. The van der Waals surface area contributed by atoms with Crippen LogP contribution >= 0.6 is 11.3 Å². The highest BCUT2D eigenvalue weighted by Gasteiger charge is 2.28. The Morgan fingerprint density at radius 1 is 1.19 bits per heavy atom. The highest BCUT2D eigenvalue weighted by Crippen LogP contribution is 2.24. The van der Waals surface area contributed by atoms with Gasteiger partial charge in [0, 0.05) is 24.2 Å². The van der Waals surface area contributed by atoms with Crippen LogP contribution in [0.25, 0.3) is 0 Å². The number of carboxylic acids is 1. The number of carbonyl (C=O) groups excluding carboxylic acids is 2. The second-order valence-corrected chi connectivity index (χ2v) is 8.33. The molecular weight excluding hydrogens is 380 g/mol. The number of thiophene rings is 1. The van der Waals surface area contributed by atoms with E-state index in [1.165, 1.54) is 40.0 Å². The first-order chi connectivity index (χ1) is 12.4. The maximum Gasteiger partial charge on any atom is 0.265 e. The molecular formula is C16H15N2O6S2-. The number of nitrogens with zero attached hydrogens (tertiary/aromatic N) is 1. The van der Waals surface area contributed by atoms with E-state index in [1.807, 2.05) is 0 Å². The van der Waals surface area contributed by atoms with Crippen molar-refractivity contribution in [1.29, 1.82) is 0 Å². The van der Waals surface area contributed by atoms with E-state index >= 15 is 0 Å². The van der Waals surface area contributed by atoms with E-state index in [-0.39, 0.29) is 34.1 Å². The van der Waals surface area contributed by atoms with Crippen molar-refractivity contribution in [3.63, 3.8) is 0 Å². The smallest absolute Gasteiger partial charge is 0.265 e. The van der Waals surface area contributed by atoms with E-state index in [0.29, 0.717) is 13.2 Å². The Morgan fingerprint density at radius 3 is 2.62 bits per heavy atom. The van der Waals surface area contributed by atoms with Crippen molar-refractivity contribution >= 4 is 38.9 Å². The van der Waals surface area contributed by atoms with Crippen LogP contribution in [0.2, 0.25) is 0 Å². The van der Waals surface area contributed by atoms with E-state index in [0.717, 1.165) is 11.3 Å². The molecule has 0 bridgehead atoms. The summed E-state index contributed by atoms with van der Waals surface area (Å²) in [5.41, 5.74) is 0.215. The summed E-state index contributed by atoms with van der Waals surface area (Å²) < 4.78 is 31.6. The van der Waals surface area contributed by atoms with Gasteiger partial charge in [0.25, 0.3) is 5.91 Å². The number of hydrogen-bond donors (Lipinski definition) is 1. The Bertz CT molecular complexity index is 932. The predicted molar refractivity (Wildman–Crippen MR) is 92.6 cm³/mol. The minimum atomic E-state index is -3.67. The van der Waals surface area contributed by atoms with Gasteiger partial charge in [0.15, 0.2) is 0 Å². The monoisotopic (exact) mass is 395 g/mol. The molecule has 1 aromatic heterocycles. The number of rotatable bonds is 5. The zero-order valence-corrected chi connectivity index (χ0v) is 15.1. The largest absolute Gasteiger partial charge is 0.545 e. The molecule has 1 aliphatic heterocycles. The van der Waals surface area contributed by atoms with Crippen LogP contribution in [0.15, 0.2) is 40.6 Å². The predicted octanol–water partition coefficient (Wildman–Crippen LogP) is 0.385. The Balaban J connectivity index is 1.76. The van der Waals surface area contributed by atoms with E-state index in [1.54, 1.807) is 0 Å². The first-order valence-electron chi connectivity index (χ1n) is 7.67. The molecule has 0 unspecified atom stereocenters. The molecule has 1 fully saturated rings. The third-order valence-corrected chi connectivity index (χ3v) is 6.72. The van der Waals surface area contributed by atoms with E-state index in [9.17, 15) is 23.1 Å². The molecule has 0 spiro atoms. The van der Waals surface area contributed by atoms with Crippen LogP contribution in [0.3, 0.4) is 0 Å². The molecule has 8 nitrogen and oxygen atoms in total.